The van der Waals surface area contributed by atoms with E-state index in [-0.39, 0.29) is 5.76 Å². The summed E-state index contributed by atoms with van der Waals surface area (Å²) < 4.78 is 4.96. The molecule has 0 amide bonds. The van der Waals surface area contributed by atoms with Crippen LogP contribution in [0.15, 0.2) is 35.0 Å². The van der Waals surface area contributed by atoms with Gasteiger partial charge < -0.3 is 14.6 Å². The van der Waals surface area contributed by atoms with E-state index >= 15 is 0 Å². The number of carboxylic acids is 1. The fraction of sp³-hybridized carbons (Fsp3) is 0.143. The van der Waals surface area contributed by atoms with Gasteiger partial charge >= 0.3 is 5.97 Å². The number of hydrogen-bond donors (Lipinski definition) is 2. The first-order valence-corrected chi connectivity index (χ1v) is 6.00. The quantitative estimate of drug-likeness (QED) is 0.754. The predicted octanol–water partition coefficient (Wildman–Crippen LogP) is 3.08. The Morgan fingerprint density at radius 3 is 2.95 bits per heavy atom. The van der Waals surface area contributed by atoms with Gasteiger partial charge in [-0.3, -0.25) is 0 Å². The van der Waals surface area contributed by atoms with Crippen LogP contribution >= 0.6 is 0 Å². The molecular weight excluding hydrogens is 244 g/mol. The number of aromatic nitrogens is 2. The normalized spacial score (nSPS) is 11.0. The van der Waals surface area contributed by atoms with Crippen molar-refractivity contribution < 1.29 is 14.4 Å². The van der Waals surface area contributed by atoms with Gasteiger partial charge in [0.1, 0.15) is 5.69 Å². The van der Waals surface area contributed by atoms with Crippen molar-refractivity contribution in [1.82, 2.24) is 10.1 Å². The summed E-state index contributed by atoms with van der Waals surface area (Å²) >= 11 is 0. The number of H-pyrrole nitrogens is 1. The number of benzene rings is 1. The second-order valence-corrected chi connectivity index (χ2v) is 4.25. The SMILES string of the molecule is CCc1c(-c2c[nH]c3ccccc23)noc1C(=O)O. The molecule has 0 saturated heterocycles. The lowest BCUT2D eigenvalue weighted by Gasteiger charge is -1.97. The molecule has 0 radical (unpaired) electrons. The van der Waals surface area contributed by atoms with Crippen LogP contribution in [0, 0.1) is 0 Å². The molecular formula is C14H12N2O3. The first-order valence-electron chi connectivity index (χ1n) is 6.00. The van der Waals surface area contributed by atoms with Gasteiger partial charge in [-0.2, -0.15) is 0 Å². The average Bonchev–Trinajstić information content (AvgIpc) is 3.01. The summed E-state index contributed by atoms with van der Waals surface area (Å²) in [6.45, 7) is 1.89. The third-order valence-electron chi connectivity index (χ3n) is 3.18. The number of nitrogens with zero attached hydrogens (tertiary/aromatic N) is 1. The summed E-state index contributed by atoms with van der Waals surface area (Å²) in [5.41, 5.74) is 3.07. The minimum Gasteiger partial charge on any atom is -0.475 e. The van der Waals surface area contributed by atoms with Crippen LogP contribution in [0.3, 0.4) is 0 Å². The molecule has 0 unspecified atom stereocenters. The van der Waals surface area contributed by atoms with Crippen LogP contribution in [0.4, 0.5) is 0 Å². The van der Waals surface area contributed by atoms with Crippen molar-refractivity contribution in [2.45, 2.75) is 13.3 Å². The van der Waals surface area contributed by atoms with E-state index in [0.717, 1.165) is 16.5 Å². The Balaban J connectivity index is 2.24. The lowest BCUT2D eigenvalue weighted by molar-refractivity contribution is 0.0650. The fourth-order valence-electron chi connectivity index (χ4n) is 2.28. The molecule has 2 aromatic heterocycles. The molecule has 0 bridgehead atoms. The van der Waals surface area contributed by atoms with Gasteiger partial charge in [0.2, 0.25) is 5.76 Å². The molecule has 1 aromatic carbocycles. The van der Waals surface area contributed by atoms with Crippen molar-refractivity contribution in [3.8, 4) is 11.3 Å². The van der Waals surface area contributed by atoms with Gasteiger partial charge in [-0.25, -0.2) is 4.79 Å². The van der Waals surface area contributed by atoms with Crippen LogP contribution in [-0.2, 0) is 6.42 Å². The molecule has 2 N–H and O–H groups in total. The zero-order chi connectivity index (χ0) is 13.4. The summed E-state index contributed by atoms with van der Waals surface area (Å²) in [6, 6.07) is 7.80. The van der Waals surface area contributed by atoms with E-state index in [0.29, 0.717) is 17.7 Å². The van der Waals surface area contributed by atoms with Crippen LogP contribution in [0.2, 0.25) is 0 Å². The first-order chi connectivity index (χ1) is 9.22. The number of aromatic amines is 1. The highest BCUT2D eigenvalue weighted by Crippen LogP contribution is 2.31. The van der Waals surface area contributed by atoms with E-state index in [2.05, 4.69) is 10.1 Å². The van der Waals surface area contributed by atoms with Crippen molar-refractivity contribution in [3.05, 3.63) is 41.8 Å². The number of carbonyl (C=O) groups is 1. The first kappa shape index (κ1) is 11.5. The van der Waals surface area contributed by atoms with Gasteiger partial charge in [-0.05, 0) is 12.5 Å². The Kier molecular flexibility index (Phi) is 2.59. The molecule has 0 fully saturated rings. The van der Waals surface area contributed by atoms with Crippen molar-refractivity contribution in [3.63, 3.8) is 0 Å². The summed E-state index contributed by atoms with van der Waals surface area (Å²) in [5, 5.41) is 14.0. The zero-order valence-corrected chi connectivity index (χ0v) is 10.3. The van der Waals surface area contributed by atoms with Crippen molar-refractivity contribution >= 4 is 16.9 Å². The summed E-state index contributed by atoms with van der Waals surface area (Å²) in [6.07, 6.45) is 2.38. The predicted molar refractivity (Wildman–Crippen MR) is 70.1 cm³/mol. The van der Waals surface area contributed by atoms with Crippen molar-refractivity contribution in [2.24, 2.45) is 0 Å². The Morgan fingerprint density at radius 2 is 2.21 bits per heavy atom. The number of aromatic carboxylic acids is 1. The molecule has 0 aliphatic heterocycles. The van der Waals surface area contributed by atoms with Gasteiger partial charge in [0.15, 0.2) is 0 Å². The largest absolute Gasteiger partial charge is 0.475 e. The van der Waals surface area contributed by atoms with Crippen LogP contribution in [0.5, 0.6) is 0 Å². The average molecular weight is 256 g/mol. The Hall–Kier alpha value is -2.56. The number of carboxylic acid groups (broad SMARTS) is 1. The maximum absolute atomic E-state index is 11.1. The Morgan fingerprint density at radius 1 is 1.42 bits per heavy atom. The highest BCUT2D eigenvalue weighted by Gasteiger charge is 2.22. The zero-order valence-electron chi connectivity index (χ0n) is 10.3. The van der Waals surface area contributed by atoms with Crippen LogP contribution < -0.4 is 0 Å². The van der Waals surface area contributed by atoms with Crippen molar-refractivity contribution in [1.29, 1.82) is 0 Å². The van der Waals surface area contributed by atoms with Crippen LogP contribution in [0.25, 0.3) is 22.2 Å². The molecule has 0 aliphatic carbocycles. The highest BCUT2D eigenvalue weighted by atomic mass is 16.5. The monoisotopic (exact) mass is 256 g/mol. The van der Waals surface area contributed by atoms with E-state index < -0.39 is 5.97 Å². The lowest BCUT2D eigenvalue weighted by atomic mass is 10.0. The summed E-state index contributed by atoms with van der Waals surface area (Å²) in [7, 11) is 0. The standard InChI is InChI=1S/C14H12N2O3/c1-2-8-12(16-19-13(8)14(17)18)10-7-15-11-6-4-3-5-9(10)11/h3-7,15H,2H2,1H3,(H,17,18). The van der Waals surface area contributed by atoms with Crippen LogP contribution in [0.1, 0.15) is 23.0 Å². The molecule has 2 heterocycles. The molecule has 0 saturated carbocycles. The minimum atomic E-state index is -1.09. The molecule has 0 atom stereocenters. The molecule has 3 rings (SSSR count). The Labute approximate surface area is 108 Å². The fourth-order valence-corrected chi connectivity index (χ4v) is 2.28. The van der Waals surface area contributed by atoms with Crippen molar-refractivity contribution in [2.75, 3.05) is 0 Å². The molecule has 0 spiro atoms. The van der Waals surface area contributed by atoms with E-state index in [1.807, 2.05) is 37.4 Å². The Bertz CT molecular complexity index is 755. The number of rotatable bonds is 3. The number of para-hydroxylation sites is 1. The molecule has 19 heavy (non-hydrogen) atoms. The maximum Gasteiger partial charge on any atom is 0.375 e. The van der Waals surface area contributed by atoms with Crippen LogP contribution in [-0.4, -0.2) is 21.2 Å². The van der Waals surface area contributed by atoms with Gasteiger partial charge in [-0.15, -0.1) is 0 Å². The third-order valence-corrected chi connectivity index (χ3v) is 3.18. The molecule has 5 nitrogen and oxygen atoms in total. The van der Waals surface area contributed by atoms with Gasteiger partial charge in [0, 0.05) is 28.2 Å². The number of hydrogen-bond acceptors (Lipinski definition) is 3. The number of fused-ring (bicyclic) bond motifs is 1. The summed E-state index contributed by atoms with van der Waals surface area (Å²) in [4.78, 5) is 14.2. The summed E-state index contributed by atoms with van der Waals surface area (Å²) in [5.74, 6) is -1.17. The van der Waals surface area contributed by atoms with E-state index in [1.165, 1.54) is 0 Å². The van der Waals surface area contributed by atoms with Gasteiger partial charge in [0.05, 0.1) is 0 Å². The molecule has 5 heteroatoms. The second kappa shape index (κ2) is 4.28. The lowest BCUT2D eigenvalue weighted by Crippen LogP contribution is -1.98. The van der Waals surface area contributed by atoms with E-state index in [1.54, 1.807) is 0 Å². The second-order valence-electron chi connectivity index (χ2n) is 4.25. The number of nitrogens with one attached hydrogen (secondary N) is 1. The molecule has 96 valence electrons. The molecule has 3 aromatic rings. The maximum atomic E-state index is 11.1. The van der Waals surface area contributed by atoms with Gasteiger partial charge in [0.25, 0.3) is 0 Å². The van der Waals surface area contributed by atoms with E-state index in [4.69, 9.17) is 9.63 Å². The molecule has 0 aliphatic rings. The topological polar surface area (TPSA) is 79.1 Å². The van der Waals surface area contributed by atoms with Gasteiger partial charge in [-0.1, -0.05) is 30.3 Å². The smallest absolute Gasteiger partial charge is 0.375 e. The highest BCUT2D eigenvalue weighted by molar-refractivity contribution is 5.97. The van der Waals surface area contributed by atoms with E-state index in [9.17, 15) is 4.79 Å². The minimum absolute atomic E-state index is 0.0808. The third kappa shape index (κ3) is 1.71.